The zero-order chi connectivity index (χ0) is 37.6. The van der Waals surface area contributed by atoms with Crippen molar-refractivity contribution in [1.82, 2.24) is 0 Å². The summed E-state index contributed by atoms with van der Waals surface area (Å²) in [7, 11) is 0. The van der Waals surface area contributed by atoms with Crippen LogP contribution in [-0.2, 0) is 16.2 Å². The lowest BCUT2D eigenvalue weighted by atomic mass is 9.70. The normalized spacial score (nSPS) is 19.7. The van der Waals surface area contributed by atoms with Crippen molar-refractivity contribution >= 4 is 17.1 Å². The first kappa shape index (κ1) is 32.1. The van der Waals surface area contributed by atoms with Crippen molar-refractivity contribution in [3.63, 3.8) is 0 Å². The Bertz CT molecular complexity index is 2850. The number of fused-ring (bicyclic) bond motifs is 16. The summed E-state index contributed by atoms with van der Waals surface area (Å²) in [5.74, 6) is 0.850. The van der Waals surface area contributed by atoms with Gasteiger partial charge in [0, 0.05) is 28.3 Å². The van der Waals surface area contributed by atoms with Crippen molar-refractivity contribution < 1.29 is 0 Å². The highest BCUT2D eigenvalue weighted by Gasteiger charge is 2.52. The number of hydrogen-bond acceptors (Lipinski definition) is 1. The standard InChI is InChI=1S/C55H43N/c1-53(2)43-21-10-5-16-36(43)40-30-28-34(32-49(40)53)56(35-29-31-41-37-17-6-11-22-44(37)54(3,4)50(41)33-35)51-27-15-26-48-52(51)42-20-9-14-25-47(42)55(48)45-23-12-7-18-38(45)39-19-8-13-24-46(39)55/h5-33,36,43H,1-4H3. The lowest BCUT2D eigenvalue weighted by molar-refractivity contribution is 0.394. The maximum atomic E-state index is 2.59. The lowest BCUT2D eigenvalue weighted by Gasteiger charge is -2.33. The maximum absolute atomic E-state index is 2.59. The number of hydrogen-bond donors (Lipinski definition) is 0. The van der Waals surface area contributed by atoms with Gasteiger partial charge in [0.25, 0.3) is 0 Å². The summed E-state index contributed by atoms with van der Waals surface area (Å²) in [4.78, 5) is 2.59. The monoisotopic (exact) mass is 717 g/mol. The van der Waals surface area contributed by atoms with E-state index < -0.39 is 5.41 Å². The number of anilines is 3. The Morgan fingerprint density at radius 3 is 1.64 bits per heavy atom. The molecular weight excluding hydrogens is 675 g/mol. The van der Waals surface area contributed by atoms with Crippen molar-refractivity contribution in [1.29, 1.82) is 0 Å². The molecule has 5 aliphatic rings. The van der Waals surface area contributed by atoms with E-state index in [4.69, 9.17) is 0 Å². The summed E-state index contributed by atoms with van der Waals surface area (Å²) >= 11 is 0. The molecule has 0 amide bonds. The predicted octanol–water partition coefficient (Wildman–Crippen LogP) is 13.9. The van der Waals surface area contributed by atoms with Gasteiger partial charge in [-0.1, -0.05) is 173 Å². The van der Waals surface area contributed by atoms with Crippen LogP contribution in [0.5, 0.6) is 0 Å². The molecule has 7 aromatic rings. The van der Waals surface area contributed by atoms with Gasteiger partial charge >= 0.3 is 0 Å². The molecule has 1 nitrogen and oxygen atoms in total. The molecule has 0 aromatic heterocycles. The molecule has 1 spiro atoms. The van der Waals surface area contributed by atoms with Crippen molar-refractivity contribution in [2.24, 2.45) is 5.92 Å². The lowest BCUT2D eigenvalue weighted by Crippen LogP contribution is -2.26. The Hall–Kier alpha value is -6.18. The highest BCUT2D eigenvalue weighted by molar-refractivity contribution is 6.01. The summed E-state index contributed by atoms with van der Waals surface area (Å²) < 4.78 is 0. The van der Waals surface area contributed by atoms with Crippen LogP contribution in [0.4, 0.5) is 17.1 Å². The van der Waals surface area contributed by atoms with Gasteiger partial charge in [0.2, 0.25) is 0 Å². The minimum absolute atomic E-state index is 0.00291. The molecule has 0 fully saturated rings. The number of nitrogens with zero attached hydrogens (tertiary/aromatic N) is 1. The SMILES string of the molecule is CC1(C)c2ccccc2-c2ccc(N(c3ccc4c(c3)C(C)(C)C3C=CC=CC43)c3cccc4c3-c3ccccc3C43c4ccccc4-c4ccccc43)cc21. The molecule has 12 rings (SSSR count). The van der Waals surface area contributed by atoms with Gasteiger partial charge in [0.1, 0.15) is 0 Å². The minimum Gasteiger partial charge on any atom is -0.310 e. The Morgan fingerprint density at radius 2 is 0.946 bits per heavy atom. The van der Waals surface area contributed by atoms with Gasteiger partial charge in [-0.3, -0.25) is 0 Å². The topological polar surface area (TPSA) is 3.24 Å². The molecule has 7 aromatic carbocycles. The largest absolute Gasteiger partial charge is 0.310 e. The first-order chi connectivity index (χ1) is 27.3. The molecule has 56 heavy (non-hydrogen) atoms. The van der Waals surface area contributed by atoms with Gasteiger partial charge in [-0.25, -0.2) is 0 Å². The molecule has 2 atom stereocenters. The highest BCUT2D eigenvalue weighted by Crippen LogP contribution is 2.65. The van der Waals surface area contributed by atoms with E-state index in [1.165, 1.54) is 95.0 Å². The van der Waals surface area contributed by atoms with Crippen LogP contribution in [0.2, 0.25) is 0 Å². The van der Waals surface area contributed by atoms with Crippen LogP contribution in [0.3, 0.4) is 0 Å². The molecule has 0 bridgehead atoms. The molecule has 0 N–H and O–H groups in total. The van der Waals surface area contributed by atoms with E-state index in [0.717, 1.165) is 0 Å². The van der Waals surface area contributed by atoms with Crippen LogP contribution in [0.15, 0.2) is 176 Å². The Kier molecular flexibility index (Phi) is 6.30. The second-order valence-corrected chi connectivity index (χ2v) is 17.6. The third-order valence-corrected chi connectivity index (χ3v) is 14.4. The summed E-state index contributed by atoms with van der Waals surface area (Å²) in [6.07, 6.45) is 9.32. The molecule has 5 aliphatic carbocycles. The second-order valence-electron chi connectivity index (χ2n) is 17.6. The van der Waals surface area contributed by atoms with Gasteiger partial charge < -0.3 is 4.90 Å². The fourth-order valence-corrected chi connectivity index (χ4v) is 11.9. The molecular formula is C55H43N. The van der Waals surface area contributed by atoms with E-state index in [1.807, 2.05) is 0 Å². The van der Waals surface area contributed by atoms with Crippen LogP contribution in [0.25, 0.3) is 33.4 Å². The molecule has 0 aliphatic heterocycles. The highest BCUT2D eigenvalue weighted by atomic mass is 15.1. The van der Waals surface area contributed by atoms with E-state index >= 15 is 0 Å². The van der Waals surface area contributed by atoms with Crippen LogP contribution >= 0.6 is 0 Å². The average molecular weight is 718 g/mol. The van der Waals surface area contributed by atoms with Crippen LogP contribution in [0, 0.1) is 5.92 Å². The fourth-order valence-electron chi connectivity index (χ4n) is 11.9. The summed E-state index contributed by atoms with van der Waals surface area (Å²) in [6.45, 7) is 9.67. The van der Waals surface area contributed by atoms with Crippen molar-refractivity contribution in [3.8, 4) is 33.4 Å². The number of rotatable bonds is 3. The zero-order valence-corrected chi connectivity index (χ0v) is 32.3. The number of allylic oxidation sites excluding steroid dienone is 4. The van der Waals surface area contributed by atoms with Gasteiger partial charge in [-0.2, -0.15) is 0 Å². The van der Waals surface area contributed by atoms with E-state index in [2.05, 4.69) is 209 Å². The van der Waals surface area contributed by atoms with Gasteiger partial charge in [-0.05, 0) is 114 Å². The third-order valence-electron chi connectivity index (χ3n) is 14.4. The van der Waals surface area contributed by atoms with Crippen LogP contribution in [-0.4, -0.2) is 0 Å². The average Bonchev–Trinajstić information content (AvgIpc) is 3.87. The minimum atomic E-state index is -0.406. The first-order valence-electron chi connectivity index (χ1n) is 20.3. The van der Waals surface area contributed by atoms with E-state index in [1.54, 1.807) is 0 Å². The van der Waals surface area contributed by atoms with E-state index in [-0.39, 0.29) is 10.8 Å². The van der Waals surface area contributed by atoms with E-state index in [9.17, 15) is 0 Å². The first-order valence-corrected chi connectivity index (χ1v) is 20.3. The van der Waals surface area contributed by atoms with Gasteiger partial charge in [0.15, 0.2) is 0 Å². The molecule has 0 saturated carbocycles. The molecule has 0 radical (unpaired) electrons. The maximum Gasteiger partial charge on any atom is 0.0726 e. The molecule has 268 valence electrons. The quantitative estimate of drug-likeness (QED) is 0.176. The van der Waals surface area contributed by atoms with Crippen LogP contribution in [0.1, 0.15) is 78.1 Å². The smallest absolute Gasteiger partial charge is 0.0726 e. The van der Waals surface area contributed by atoms with Crippen molar-refractivity contribution in [2.75, 3.05) is 4.90 Å². The van der Waals surface area contributed by atoms with Crippen LogP contribution < -0.4 is 4.90 Å². The molecule has 0 heterocycles. The Labute approximate surface area is 330 Å². The summed E-state index contributed by atoms with van der Waals surface area (Å²) in [6, 6.07) is 58.1. The van der Waals surface area contributed by atoms with E-state index in [0.29, 0.717) is 11.8 Å². The fraction of sp³-hybridized carbons (Fsp3) is 0.164. The van der Waals surface area contributed by atoms with Crippen molar-refractivity contribution in [3.05, 3.63) is 220 Å². The second kappa shape index (κ2) is 11.0. The Morgan fingerprint density at radius 1 is 0.429 bits per heavy atom. The van der Waals surface area contributed by atoms with Crippen molar-refractivity contribution in [2.45, 2.75) is 49.9 Å². The number of benzene rings is 7. The Balaban J connectivity index is 1.15. The zero-order valence-electron chi connectivity index (χ0n) is 32.3. The van der Waals surface area contributed by atoms with Gasteiger partial charge in [0.05, 0.1) is 11.1 Å². The summed E-state index contributed by atoms with van der Waals surface area (Å²) in [5, 5.41) is 0. The molecule has 1 heteroatoms. The molecule has 0 saturated heterocycles. The van der Waals surface area contributed by atoms with Gasteiger partial charge in [-0.15, -0.1) is 0 Å². The third kappa shape index (κ3) is 3.86. The summed E-state index contributed by atoms with van der Waals surface area (Å²) in [5.41, 5.74) is 22.2. The predicted molar refractivity (Wildman–Crippen MR) is 233 cm³/mol. The molecule has 2 unspecified atom stereocenters.